The van der Waals surface area contributed by atoms with Gasteiger partial charge >= 0.3 is 0 Å². The van der Waals surface area contributed by atoms with E-state index in [1.54, 1.807) is 4.90 Å². The summed E-state index contributed by atoms with van der Waals surface area (Å²) in [6, 6.07) is 5.42. The molecular weight excluding hydrogens is 316 g/mol. The summed E-state index contributed by atoms with van der Waals surface area (Å²) in [5.74, 6) is 0.896. The van der Waals surface area contributed by atoms with Gasteiger partial charge in [0, 0.05) is 18.7 Å². The standard InChI is InChI=1S/C20H28N2O3/c1-20(2,3)13-18(23)22-10-4-7-16(22)19(24)21-15-8-9-17-14(12-15)6-5-11-25-17/h8-9,12,16H,4-7,10-11,13H2,1-3H3,(H,21,24). The highest BCUT2D eigenvalue weighted by molar-refractivity contribution is 5.97. The molecule has 0 saturated carbocycles. The SMILES string of the molecule is CC(C)(C)CC(=O)N1CCCC1C(=O)Nc1ccc2c(c1)CCCO2. The van der Waals surface area contributed by atoms with Crippen LogP contribution in [0.2, 0.25) is 0 Å². The zero-order valence-corrected chi connectivity index (χ0v) is 15.4. The molecule has 2 aliphatic rings. The van der Waals surface area contributed by atoms with Crippen LogP contribution in [0.4, 0.5) is 5.69 Å². The quantitative estimate of drug-likeness (QED) is 0.914. The summed E-state index contributed by atoms with van der Waals surface area (Å²) in [7, 11) is 0. The van der Waals surface area contributed by atoms with E-state index >= 15 is 0 Å². The number of ether oxygens (including phenoxy) is 1. The fraction of sp³-hybridized carbons (Fsp3) is 0.600. The van der Waals surface area contributed by atoms with E-state index in [1.165, 1.54) is 0 Å². The number of carbonyl (C=O) groups excluding carboxylic acids is 2. The van der Waals surface area contributed by atoms with Crippen LogP contribution in [-0.2, 0) is 16.0 Å². The van der Waals surface area contributed by atoms with E-state index in [9.17, 15) is 9.59 Å². The number of nitrogens with one attached hydrogen (secondary N) is 1. The van der Waals surface area contributed by atoms with Crippen LogP contribution in [0.5, 0.6) is 5.75 Å². The van der Waals surface area contributed by atoms with E-state index in [2.05, 4.69) is 5.32 Å². The minimum atomic E-state index is -0.359. The number of hydrogen-bond acceptors (Lipinski definition) is 3. The Labute approximate surface area is 149 Å². The van der Waals surface area contributed by atoms with Crippen molar-refractivity contribution in [2.45, 2.75) is 58.9 Å². The summed E-state index contributed by atoms with van der Waals surface area (Å²) >= 11 is 0. The predicted molar refractivity (Wildman–Crippen MR) is 97.7 cm³/mol. The Balaban J connectivity index is 1.67. The lowest BCUT2D eigenvalue weighted by Gasteiger charge is -2.27. The molecule has 1 aromatic rings. The molecule has 2 amide bonds. The molecular formula is C20H28N2O3. The van der Waals surface area contributed by atoms with E-state index in [0.29, 0.717) is 13.0 Å². The van der Waals surface area contributed by atoms with Gasteiger partial charge in [-0.3, -0.25) is 9.59 Å². The van der Waals surface area contributed by atoms with Crippen LogP contribution in [0.15, 0.2) is 18.2 Å². The summed E-state index contributed by atoms with van der Waals surface area (Å²) in [5.41, 5.74) is 1.85. The van der Waals surface area contributed by atoms with E-state index in [4.69, 9.17) is 4.74 Å². The van der Waals surface area contributed by atoms with Crippen molar-refractivity contribution in [3.8, 4) is 5.75 Å². The van der Waals surface area contributed by atoms with E-state index in [0.717, 1.165) is 49.3 Å². The molecule has 2 aliphatic heterocycles. The number of benzene rings is 1. The number of carbonyl (C=O) groups is 2. The lowest BCUT2D eigenvalue weighted by Crippen LogP contribution is -2.44. The third-order valence-electron chi connectivity index (χ3n) is 4.73. The smallest absolute Gasteiger partial charge is 0.247 e. The van der Waals surface area contributed by atoms with Crippen LogP contribution < -0.4 is 10.1 Å². The first-order chi connectivity index (χ1) is 11.8. The van der Waals surface area contributed by atoms with Crippen molar-refractivity contribution in [3.63, 3.8) is 0 Å². The molecule has 1 unspecified atom stereocenters. The van der Waals surface area contributed by atoms with Crippen LogP contribution in [0.1, 0.15) is 52.0 Å². The number of hydrogen-bond donors (Lipinski definition) is 1. The lowest BCUT2D eigenvalue weighted by atomic mass is 9.91. The van der Waals surface area contributed by atoms with Gasteiger partial charge in [-0.25, -0.2) is 0 Å². The summed E-state index contributed by atoms with van der Waals surface area (Å²) in [6.45, 7) is 7.57. The van der Waals surface area contributed by atoms with Crippen molar-refractivity contribution >= 4 is 17.5 Å². The number of aryl methyl sites for hydroxylation is 1. The van der Waals surface area contributed by atoms with Gasteiger partial charge in [0.15, 0.2) is 0 Å². The van der Waals surface area contributed by atoms with Crippen molar-refractivity contribution in [2.75, 3.05) is 18.5 Å². The Hall–Kier alpha value is -2.04. The molecule has 25 heavy (non-hydrogen) atoms. The minimum Gasteiger partial charge on any atom is -0.493 e. The number of amides is 2. The Morgan fingerprint density at radius 2 is 2.08 bits per heavy atom. The number of nitrogens with zero attached hydrogens (tertiary/aromatic N) is 1. The molecule has 1 saturated heterocycles. The Morgan fingerprint density at radius 1 is 1.28 bits per heavy atom. The summed E-state index contributed by atoms with van der Waals surface area (Å²) in [6.07, 6.45) is 4.05. The van der Waals surface area contributed by atoms with Gasteiger partial charge in [-0.05, 0) is 54.9 Å². The first-order valence-corrected chi connectivity index (χ1v) is 9.19. The predicted octanol–water partition coefficient (Wildman–Crippen LogP) is 3.38. The first kappa shape index (κ1) is 17.8. The van der Waals surface area contributed by atoms with Crippen molar-refractivity contribution < 1.29 is 14.3 Å². The average molecular weight is 344 g/mol. The van der Waals surface area contributed by atoms with E-state index < -0.39 is 0 Å². The molecule has 1 fully saturated rings. The van der Waals surface area contributed by atoms with Gasteiger partial charge < -0.3 is 15.0 Å². The Kier molecular flexibility index (Phi) is 5.02. The van der Waals surface area contributed by atoms with Gasteiger partial charge in [-0.15, -0.1) is 0 Å². The highest BCUT2D eigenvalue weighted by atomic mass is 16.5. The molecule has 0 bridgehead atoms. The molecule has 1 aromatic carbocycles. The van der Waals surface area contributed by atoms with Gasteiger partial charge in [0.05, 0.1) is 6.61 Å². The molecule has 136 valence electrons. The normalized spacial score (nSPS) is 20.0. The van der Waals surface area contributed by atoms with Crippen molar-refractivity contribution in [1.29, 1.82) is 0 Å². The monoisotopic (exact) mass is 344 g/mol. The maximum atomic E-state index is 12.7. The highest BCUT2D eigenvalue weighted by Gasteiger charge is 2.35. The molecule has 2 heterocycles. The molecule has 0 aliphatic carbocycles. The Bertz CT molecular complexity index is 663. The molecule has 5 heteroatoms. The highest BCUT2D eigenvalue weighted by Crippen LogP contribution is 2.29. The molecule has 5 nitrogen and oxygen atoms in total. The second-order valence-electron chi connectivity index (χ2n) is 8.25. The van der Waals surface area contributed by atoms with Crippen molar-refractivity contribution in [1.82, 2.24) is 4.90 Å². The van der Waals surface area contributed by atoms with Crippen LogP contribution in [0.3, 0.4) is 0 Å². The number of likely N-dealkylation sites (tertiary alicyclic amines) is 1. The molecule has 0 radical (unpaired) electrons. The molecule has 0 spiro atoms. The zero-order valence-electron chi connectivity index (χ0n) is 15.4. The fourth-order valence-corrected chi connectivity index (χ4v) is 3.56. The molecule has 1 atom stereocenters. The molecule has 3 rings (SSSR count). The first-order valence-electron chi connectivity index (χ1n) is 9.19. The van der Waals surface area contributed by atoms with E-state index in [1.807, 2.05) is 39.0 Å². The van der Waals surface area contributed by atoms with Crippen LogP contribution in [0, 0.1) is 5.41 Å². The third-order valence-corrected chi connectivity index (χ3v) is 4.73. The largest absolute Gasteiger partial charge is 0.493 e. The average Bonchev–Trinajstić information content (AvgIpc) is 3.03. The maximum absolute atomic E-state index is 12.7. The van der Waals surface area contributed by atoms with Crippen molar-refractivity contribution in [2.24, 2.45) is 5.41 Å². The van der Waals surface area contributed by atoms with Gasteiger partial charge in [-0.2, -0.15) is 0 Å². The number of fused-ring (bicyclic) bond motifs is 1. The van der Waals surface area contributed by atoms with Crippen molar-refractivity contribution in [3.05, 3.63) is 23.8 Å². The van der Waals surface area contributed by atoms with Gasteiger partial charge in [0.2, 0.25) is 11.8 Å². The topological polar surface area (TPSA) is 58.6 Å². The lowest BCUT2D eigenvalue weighted by molar-refractivity contribution is -0.138. The zero-order chi connectivity index (χ0) is 18.0. The van der Waals surface area contributed by atoms with Crippen LogP contribution in [-0.4, -0.2) is 35.9 Å². The third kappa shape index (κ3) is 4.33. The van der Waals surface area contributed by atoms with Crippen LogP contribution in [0.25, 0.3) is 0 Å². The van der Waals surface area contributed by atoms with E-state index in [-0.39, 0.29) is 23.3 Å². The fourth-order valence-electron chi connectivity index (χ4n) is 3.56. The second kappa shape index (κ2) is 7.06. The second-order valence-corrected chi connectivity index (χ2v) is 8.25. The number of anilines is 1. The minimum absolute atomic E-state index is 0.0702. The van der Waals surface area contributed by atoms with Gasteiger partial charge in [0.25, 0.3) is 0 Å². The van der Waals surface area contributed by atoms with Gasteiger partial charge in [-0.1, -0.05) is 20.8 Å². The number of rotatable bonds is 3. The summed E-state index contributed by atoms with van der Waals surface area (Å²) in [4.78, 5) is 27.0. The van der Waals surface area contributed by atoms with Crippen LogP contribution >= 0.6 is 0 Å². The molecule has 0 aromatic heterocycles. The maximum Gasteiger partial charge on any atom is 0.247 e. The summed E-state index contributed by atoms with van der Waals surface area (Å²) < 4.78 is 5.61. The van der Waals surface area contributed by atoms with Gasteiger partial charge in [0.1, 0.15) is 11.8 Å². The summed E-state index contributed by atoms with van der Waals surface area (Å²) in [5, 5.41) is 2.99. The Morgan fingerprint density at radius 3 is 2.84 bits per heavy atom. The molecule has 1 N–H and O–H groups in total.